The highest BCUT2D eigenvalue weighted by Crippen LogP contribution is 2.29. The van der Waals surface area contributed by atoms with Crippen LogP contribution in [0, 0.1) is 6.92 Å². The molecule has 7 nitrogen and oxygen atoms in total. The van der Waals surface area contributed by atoms with Crippen molar-refractivity contribution < 1.29 is 9.32 Å². The quantitative estimate of drug-likeness (QED) is 0.524. The maximum atomic E-state index is 12.1. The van der Waals surface area contributed by atoms with E-state index in [1.807, 2.05) is 36.4 Å². The van der Waals surface area contributed by atoms with E-state index in [0.29, 0.717) is 11.6 Å². The van der Waals surface area contributed by atoms with Crippen molar-refractivity contribution in [1.82, 2.24) is 20.1 Å². The van der Waals surface area contributed by atoms with Crippen LogP contribution >= 0.6 is 11.8 Å². The van der Waals surface area contributed by atoms with Gasteiger partial charge in [-0.25, -0.2) is 9.97 Å². The number of carbonyl (C=O) groups excluding carboxylic acids is 1. The average Bonchev–Trinajstić information content (AvgIpc) is 3.26. The molecule has 0 aliphatic rings. The van der Waals surface area contributed by atoms with Crippen LogP contribution in [0.5, 0.6) is 0 Å². The van der Waals surface area contributed by atoms with E-state index in [0.717, 1.165) is 27.4 Å². The van der Waals surface area contributed by atoms with Crippen molar-refractivity contribution in [3.63, 3.8) is 0 Å². The molecule has 0 fully saturated rings. The van der Waals surface area contributed by atoms with E-state index in [1.165, 1.54) is 11.8 Å². The molecule has 1 amide bonds. The van der Waals surface area contributed by atoms with E-state index in [4.69, 9.17) is 4.52 Å². The number of hydrogen-bond acceptors (Lipinski definition) is 6. The van der Waals surface area contributed by atoms with Crippen molar-refractivity contribution in [2.45, 2.75) is 11.9 Å². The van der Waals surface area contributed by atoms with Crippen LogP contribution in [0.3, 0.4) is 0 Å². The first-order valence-electron chi connectivity index (χ1n) is 7.95. The molecule has 0 aliphatic carbocycles. The second kappa shape index (κ2) is 7.01. The summed E-state index contributed by atoms with van der Waals surface area (Å²) in [6, 6.07) is 13.3. The molecule has 3 aromatic heterocycles. The fourth-order valence-electron chi connectivity index (χ4n) is 2.50. The van der Waals surface area contributed by atoms with Gasteiger partial charge in [0.25, 0.3) is 0 Å². The van der Waals surface area contributed by atoms with E-state index >= 15 is 0 Å². The first-order valence-corrected chi connectivity index (χ1v) is 8.94. The van der Waals surface area contributed by atoms with Gasteiger partial charge in [0.15, 0.2) is 5.82 Å². The summed E-state index contributed by atoms with van der Waals surface area (Å²) in [7, 11) is 0. The average molecular weight is 365 g/mol. The van der Waals surface area contributed by atoms with Crippen LogP contribution in [-0.4, -0.2) is 31.8 Å². The number of rotatable bonds is 5. The zero-order chi connectivity index (χ0) is 17.9. The van der Waals surface area contributed by atoms with Gasteiger partial charge in [0.05, 0.1) is 16.8 Å². The Hall–Kier alpha value is -3.13. The number of nitrogens with one attached hydrogen (secondary N) is 2. The third-order valence-electron chi connectivity index (χ3n) is 3.65. The number of hydrogen-bond donors (Lipinski definition) is 2. The van der Waals surface area contributed by atoms with Crippen molar-refractivity contribution in [1.29, 1.82) is 0 Å². The van der Waals surface area contributed by atoms with Gasteiger partial charge in [-0.1, -0.05) is 29.1 Å². The van der Waals surface area contributed by atoms with E-state index in [2.05, 4.69) is 25.4 Å². The number of aryl methyl sites for hydroxylation is 1. The van der Waals surface area contributed by atoms with E-state index in [-0.39, 0.29) is 11.7 Å². The summed E-state index contributed by atoms with van der Waals surface area (Å²) in [6.07, 6.45) is 1.70. The smallest absolute Gasteiger partial charge is 0.236 e. The Morgan fingerprint density at radius 2 is 2.15 bits per heavy atom. The van der Waals surface area contributed by atoms with Crippen LogP contribution in [0.2, 0.25) is 0 Å². The van der Waals surface area contributed by atoms with Crippen LogP contribution in [0.25, 0.3) is 22.4 Å². The van der Waals surface area contributed by atoms with E-state index < -0.39 is 0 Å². The Morgan fingerprint density at radius 1 is 1.27 bits per heavy atom. The molecule has 3 heterocycles. The Morgan fingerprint density at radius 3 is 2.96 bits per heavy atom. The molecule has 1 aromatic carbocycles. The van der Waals surface area contributed by atoms with Crippen molar-refractivity contribution in [3.05, 3.63) is 54.4 Å². The van der Waals surface area contributed by atoms with Gasteiger partial charge >= 0.3 is 0 Å². The molecule has 0 bridgehead atoms. The van der Waals surface area contributed by atoms with Crippen molar-refractivity contribution in [3.8, 4) is 11.4 Å². The minimum atomic E-state index is -0.176. The fourth-order valence-corrected chi connectivity index (χ4v) is 3.30. The molecule has 4 rings (SSSR count). The molecule has 0 spiro atoms. The summed E-state index contributed by atoms with van der Waals surface area (Å²) in [5.41, 5.74) is 2.71. The number of fused-ring (bicyclic) bond motifs is 1. The van der Waals surface area contributed by atoms with Gasteiger partial charge in [-0.05, 0) is 31.2 Å². The minimum absolute atomic E-state index is 0.176. The normalized spacial score (nSPS) is 11.0. The molecule has 0 atom stereocenters. The van der Waals surface area contributed by atoms with Crippen LogP contribution < -0.4 is 5.32 Å². The lowest BCUT2D eigenvalue weighted by Gasteiger charge is -2.05. The Kier molecular flexibility index (Phi) is 4.40. The zero-order valence-corrected chi connectivity index (χ0v) is 14.7. The number of aromatic amines is 1. The first-order chi connectivity index (χ1) is 12.7. The number of aromatic nitrogens is 4. The third-order valence-corrected chi connectivity index (χ3v) is 4.66. The number of amides is 1. The molecule has 4 aromatic rings. The topological polar surface area (TPSA) is 96.7 Å². The molecule has 0 saturated carbocycles. The van der Waals surface area contributed by atoms with Crippen molar-refractivity contribution in [2.24, 2.45) is 0 Å². The molecule has 8 heteroatoms. The van der Waals surface area contributed by atoms with E-state index in [9.17, 15) is 4.79 Å². The molecule has 0 unspecified atom stereocenters. The fraction of sp³-hybridized carbons (Fsp3) is 0.111. The van der Waals surface area contributed by atoms with Gasteiger partial charge in [-0.3, -0.25) is 4.79 Å². The lowest BCUT2D eigenvalue weighted by molar-refractivity contribution is -0.113. The molecule has 26 heavy (non-hydrogen) atoms. The largest absolute Gasteiger partial charge is 0.360 e. The number of anilines is 1. The summed E-state index contributed by atoms with van der Waals surface area (Å²) in [5, 5.41) is 7.19. The number of thioether (sulfide) groups is 1. The first kappa shape index (κ1) is 16.3. The van der Waals surface area contributed by atoms with E-state index in [1.54, 1.807) is 19.2 Å². The van der Waals surface area contributed by atoms with Gasteiger partial charge in [-0.15, -0.1) is 0 Å². The van der Waals surface area contributed by atoms with Crippen LogP contribution in [0.4, 0.5) is 5.82 Å². The number of carbonyl (C=O) groups is 1. The minimum Gasteiger partial charge on any atom is -0.360 e. The number of imidazole rings is 1. The lowest BCUT2D eigenvalue weighted by atomic mass is 10.3. The zero-order valence-electron chi connectivity index (χ0n) is 13.9. The second-order valence-electron chi connectivity index (χ2n) is 5.62. The Balaban J connectivity index is 1.51. The Bertz CT molecular complexity index is 1040. The molecule has 0 saturated heterocycles. The predicted molar refractivity (Wildman–Crippen MR) is 99.9 cm³/mol. The van der Waals surface area contributed by atoms with Crippen molar-refractivity contribution >= 4 is 34.5 Å². The summed E-state index contributed by atoms with van der Waals surface area (Å²) < 4.78 is 4.94. The monoisotopic (exact) mass is 365 g/mol. The van der Waals surface area contributed by atoms with Crippen LogP contribution in [0.1, 0.15) is 5.76 Å². The second-order valence-corrected chi connectivity index (χ2v) is 6.58. The number of para-hydroxylation sites is 2. The highest BCUT2D eigenvalue weighted by molar-refractivity contribution is 8.00. The maximum Gasteiger partial charge on any atom is 0.236 e. The number of benzene rings is 1. The lowest BCUT2D eigenvalue weighted by Crippen LogP contribution is -2.14. The third kappa shape index (κ3) is 3.45. The van der Waals surface area contributed by atoms with Crippen LogP contribution in [0.15, 0.2) is 58.2 Å². The SMILES string of the molecule is Cc1cc(NC(=O)CSc2ncccc2-c2nc3ccccc3[nH]2)no1. The number of pyridine rings is 1. The van der Waals surface area contributed by atoms with Gasteiger partial charge in [0.2, 0.25) is 5.91 Å². The number of nitrogens with zero attached hydrogens (tertiary/aromatic N) is 3. The summed E-state index contributed by atoms with van der Waals surface area (Å²) in [4.78, 5) is 24.4. The molecule has 0 radical (unpaired) electrons. The summed E-state index contributed by atoms with van der Waals surface area (Å²) in [6.45, 7) is 1.77. The molecule has 2 N–H and O–H groups in total. The molecule has 130 valence electrons. The van der Waals surface area contributed by atoms with Gasteiger partial charge in [-0.2, -0.15) is 0 Å². The van der Waals surface area contributed by atoms with Crippen LogP contribution in [-0.2, 0) is 4.79 Å². The summed E-state index contributed by atoms with van der Waals surface area (Å²) in [5.74, 6) is 1.81. The Labute approximate surface area is 153 Å². The van der Waals surface area contributed by atoms with Gasteiger partial charge in [0, 0.05) is 17.8 Å². The highest BCUT2D eigenvalue weighted by atomic mass is 32.2. The van der Waals surface area contributed by atoms with Gasteiger partial charge < -0.3 is 14.8 Å². The summed E-state index contributed by atoms with van der Waals surface area (Å²) >= 11 is 1.34. The predicted octanol–water partition coefficient (Wildman–Crippen LogP) is 3.65. The standard InChI is InChI=1S/C18H15N5O2S/c1-11-9-15(23-25-11)22-16(24)10-26-18-12(5-4-8-19-18)17-20-13-6-2-3-7-14(13)21-17/h2-9H,10H2,1H3,(H,20,21)(H,22,23,24). The highest BCUT2D eigenvalue weighted by Gasteiger charge is 2.13. The molecular formula is C18H15N5O2S. The van der Waals surface area contributed by atoms with Gasteiger partial charge in [0.1, 0.15) is 16.6 Å². The molecule has 0 aliphatic heterocycles. The molecular weight excluding hydrogens is 350 g/mol. The van der Waals surface area contributed by atoms with Crippen molar-refractivity contribution in [2.75, 3.05) is 11.1 Å². The number of H-pyrrole nitrogens is 1. The maximum absolute atomic E-state index is 12.1.